The van der Waals surface area contributed by atoms with Crippen LogP contribution in [0.4, 0.5) is 87.8 Å². The van der Waals surface area contributed by atoms with Gasteiger partial charge in [0.25, 0.3) is 0 Å². The van der Waals surface area contributed by atoms with Crippen LogP contribution in [0.15, 0.2) is 73.2 Å². The van der Waals surface area contributed by atoms with E-state index in [0.717, 1.165) is 5.56 Å². The van der Waals surface area contributed by atoms with Crippen LogP contribution in [-0.2, 0) is 6.54 Å². The maximum atomic E-state index is 15.4. The van der Waals surface area contributed by atoms with Crippen LogP contribution in [0, 0.1) is 123 Å². The number of aromatic nitrogens is 2. The number of ketones is 1. The first-order valence-electron chi connectivity index (χ1n) is 18.8. The van der Waals surface area contributed by atoms with Crippen LogP contribution in [0.25, 0.3) is 0 Å². The Balaban J connectivity index is 0.000000270. The van der Waals surface area contributed by atoms with Crippen LogP contribution in [0.2, 0.25) is 0 Å². The highest BCUT2D eigenvalue weighted by Crippen LogP contribution is 2.31. The minimum atomic E-state index is -7.22. The summed E-state index contributed by atoms with van der Waals surface area (Å²) in [5, 5.41) is 0. The molecule has 0 aliphatic heterocycles. The smallest absolute Gasteiger partial charge is 0.410 e. The lowest BCUT2D eigenvalue weighted by atomic mass is 9.12. The number of carbonyl (C=O) groups is 2. The summed E-state index contributed by atoms with van der Waals surface area (Å²) in [6.45, 7) is 1.95. The Bertz CT molecular complexity index is 2900. The quantitative estimate of drug-likeness (QED) is 0.0213. The number of carbonyl (C=O) groups excluding carboxylic acids is 2. The first-order chi connectivity index (χ1) is 32.8. The van der Waals surface area contributed by atoms with Gasteiger partial charge in [-0.3, -0.25) is 9.78 Å². The summed E-state index contributed by atoms with van der Waals surface area (Å²) in [5.74, 6) is -71.6. The monoisotopic (exact) mass is 1010 g/mol. The van der Waals surface area contributed by atoms with Gasteiger partial charge in [-0.2, -0.15) is 4.57 Å². The zero-order valence-electron chi connectivity index (χ0n) is 33.9. The predicted molar refractivity (Wildman–Crippen MR) is 201 cm³/mol. The van der Waals surface area contributed by atoms with E-state index in [1.165, 1.54) is 12.4 Å². The Morgan fingerprint density at radius 1 is 0.471 bits per heavy atom. The first-order valence-corrected chi connectivity index (χ1v) is 18.8. The van der Waals surface area contributed by atoms with E-state index in [2.05, 4.69) is 4.98 Å². The number of benzene rings is 6. The second kappa shape index (κ2) is 19.7. The molecule has 5 nitrogen and oxygen atoms in total. The fourth-order valence-corrected chi connectivity index (χ4v) is 7.28. The summed E-state index contributed by atoms with van der Waals surface area (Å²) < 4.78 is 301. The fourth-order valence-electron chi connectivity index (χ4n) is 7.28. The molecule has 1 aromatic heterocycles. The maximum absolute atomic E-state index is 15.4. The maximum Gasteiger partial charge on any atom is 0.410 e. The van der Waals surface area contributed by atoms with Gasteiger partial charge in [0.15, 0.2) is 76.0 Å². The largest absolute Gasteiger partial charge is 0.419 e. The van der Waals surface area contributed by atoms with E-state index in [1.807, 2.05) is 25.1 Å². The summed E-state index contributed by atoms with van der Waals surface area (Å²) in [5.41, 5.74) is -12.5. The highest BCUT2D eigenvalue weighted by molar-refractivity contribution is 7.20. The van der Waals surface area contributed by atoms with E-state index >= 15 is 35.1 Å². The molecule has 7 aromatic rings. The summed E-state index contributed by atoms with van der Waals surface area (Å²) >= 11 is 0. The topological polar surface area (TPSA) is 60.1 Å². The van der Waals surface area contributed by atoms with E-state index in [-0.39, 0.29) is 18.0 Å². The van der Waals surface area contributed by atoms with Crippen LogP contribution in [-0.4, -0.2) is 22.9 Å². The fraction of sp³-hybridized carbons (Fsp3) is 0.0455. The van der Waals surface area contributed by atoms with E-state index in [0.29, 0.717) is 11.3 Å². The minimum Gasteiger partial charge on any atom is -0.419 e. The Hall–Kier alpha value is -7.80. The van der Waals surface area contributed by atoms with Crippen molar-refractivity contribution in [3.05, 3.63) is 206 Å². The van der Waals surface area contributed by atoms with Gasteiger partial charge >= 0.3 is 11.7 Å². The van der Waals surface area contributed by atoms with Crippen LogP contribution in [0.5, 0.6) is 5.75 Å². The lowest BCUT2D eigenvalue weighted by Gasteiger charge is -2.44. The van der Waals surface area contributed by atoms with E-state index in [4.69, 9.17) is 4.74 Å². The van der Waals surface area contributed by atoms with Crippen molar-refractivity contribution in [2.45, 2.75) is 13.5 Å². The van der Waals surface area contributed by atoms with E-state index in [1.54, 1.807) is 47.2 Å². The Kier molecular flexibility index (Phi) is 14.5. The molecular formula is C44H17BF20N2O3. The number of rotatable bonds is 9. The molecule has 0 atom stereocenters. The number of nitrogens with zero attached hydrogens (tertiary/aromatic N) is 2. The van der Waals surface area contributed by atoms with Crippen molar-refractivity contribution in [2.75, 3.05) is 0 Å². The van der Waals surface area contributed by atoms with Crippen LogP contribution in [0.3, 0.4) is 0 Å². The van der Waals surface area contributed by atoms with Crippen LogP contribution >= 0.6 is 0 Å². The van der Waals surface area contributed by atoms with Crippen molar-refractivity contribution < 1.29 is 107 Å². The van der Waals surface area contributed by atoms with Crippen molar-refractivity contribution in [1.29, 1.82) is 0 Å². The molecule has 0 aliphatic rings. The number of halogens is 20. The molecule has 0 saturated heterocycles. The Morgan fingerprint density at radius 3 is 1.16 bits per heavy atom. The molecule has 0 N–H and O–H groups in total. The number of Topliss-reactive ketones (excluding diaryl/α,β-unsaturated/α-hetero) is 1. The lowest BCUT2D eigenvalue weighted by molar-refractivity contribution is -0.686. The molecule has 0 unspecified atom stereocenters. The minimum absolute atomic E-state index is 0.0325. The SMILES string of the molecule is Cc1cccc(OC(=O)c2cncc[n+]2CC(=O)c2ccccc2)c1.Fc1c(F)c(F)c([B-](c2c(F)c(F)c(F)c(F)c2F)(c2c(F)c(F)c(F)c(F)c2F)c2c(F)c(F)c(F)c(F)c2F)c(F)c1F. The summed E-state index contributed by atoms with van der Waals surface area (Å²) in [4.78, 5) is 28.8. The van der Waals surface area contributed by atoms with Gasteiger partial charge in [-0.05, 0) is 24.6 Å². The third kappa shape index (κ3) is 8.54. The molecule has 26 heteroatoms. The van der Waals surface area contributed by atoms with Gasteiger partial charge in [0.05, 0.1) is 6.20 Å². The molecule has 0 spiro atoms. The second-order valence-corrected chi connectivity index (χ2v) is 14.4. The lowest BCUT2D eigenvalue weighted by Crippen LogP contribution is -2.81. The van der Waals surface area contributed by atoms with Gasteiger partial charge in [-0.15, -0.1) is 21.9 Å². The van der Waals surface area contributed by atoms with E-state index in [9.17, 15) is 62.3 Å². The second-order valence-electron chi connectivity index (χ2n) is 14.4. The number of hydrogen-bond acceptors (Lipinski definition) is 4. The van der Waals surface area contributed by atoms with E-state index < -0.39 is 150 Å². The molecule has 0 bridgehead atoms. The van der Waals surface area contributed by atoms with Crippen molar-refractivity contribution in [3.8, 4) is 5.75 Å². The molecule has 0 radical (unpaired) electrons. The predicted octanol–water partition coefficient (Wildman–Crippen LogP) is 8.63. The van der Waals surface area contributed by atoms with Gasteiger partial charge in [0.2, 0.25) is 12.3 Å². The molecule has 0 fully saturated rings. The third-order valence-electron chi connectivity index (χ3n) is 10.4. The summed E-state index contributed by atoms with van der Waals surface area (Å²) in [7, 11) is 0. The molecule has 0 saturated carbocycles. The third-order valence-corrected chi connectivity index (χ3v) is 10.4. The Morgan fingerprint density at radius 2 is 0.814 bits per heavy atom. The molecule has 1 heterocycles. The normalized spacial score (nSPS) is 11.4. The summed E-state index contributed by atoms with van der Waals surface area (Å²) in [6.07, 6.45) is -2.70. The number of hydrogen-bond donors (Lipinski definition) is 0. The zero-order chi connectivity index (χ0) is 52.0. The van der Waals surface area contributed by atoms with Crippen LogP contribution < -0.4 is 31.2 Å². The molecule has 0 amide bonds. The van der Waals surface area contributed by atoms with Gasteiger partial charge in [-0.1, -0.05) is 42.5 Å². The van der Waals surface area contributed by atoms with Crippen molar-refractivity contribution >= 4 is 39.7 Å². The molecule has 0 aliphatic carbocycles. The van der Waals surface area contributed by atoms with Crippen molar-refractivity contribution in [1.82, 2.24) is 4.98 Å². The molecular weight excluding hydrogens is 995 g/mol. The average Bonchev–Trinajstić information content (AvgIpc) is 3.34. The molecule has 364 valence electrons. The Labute approximate surface area is 376 Å². The molecule has 7 rings (SSSR count). The first kappa shape index (κ1) is 51.6. The van der Waals surface area contributed by atoms with Gasteiger partial charge in [-0.25, -0.2) is 92.6 Å². The number of ether oxygens (including phenoxy) is 1. The zero-order valence-corrected chi connectivity index (χ0v) is 33.9. The number of aryl methyl sites for hydroxylation is 1. The van der Waals surface area contributed by atoms with Crippen molar-refractivity contribution in [3.63, 3.8) is 0 Å². The van der Waals surface area contributed by atoms with Crippen LogP contribution in [0.1, 0.15) is 26.4 Å². The summed E-state index contributed by atoms with van der Waals surface area (Å²) in [6, 6.07) is 16.2. The van der Waals surface area contributed by atoms with Gasteiger partial charge in [0.1, 0.15) is 64.6 Å². The van der Waals surface area contributed by atoms with Crippen molar-refractivity contribution in [2.24, 2.45) is 0 Å². The van der Waals surface area contributed by atoms with Gasteiger partial charge in [0, 0.05) is 5.56 Å². The van der Waals surface area contributed by atoms with Gasteiger partial charge < -0.3 is 4.74 Å². The highest BCUT2D eigenvalue weighted by atomic mass is 19.2. The average molecular weight is 1010 g/mol. The standard InChI is InChI=1S/C24BF20.C20H17N2O3/c26-5-1(6(27)14(35)21(42)13(5)34)25(2-7(28)15(36)22(43)16(37)8(2)29,3-9(30)17(38)23(44)18(39)10(3)31)4-11(32)19(40)24(45)20(41)12(4)33;1-15-6-5-9-17(12-15)25-20(24)18-13-21-10-11-22(18)14-19(23)16-7-3-2-4-8-16/h;2-13H,14H2,1H3/q-1;+1. The molecule has 70 heavy (non-hydrogen) atoms. The highest BCUT2D eigenvalue weighted by Gasteiger charge is 2.52. The number of esters is 1. The molecule has 6 aromatic carbocycles.